The van der Waals surface area contributed by atoms with Crippen molar-refractivity contribution in [3.05, 3.63) is 36.5 Å². The predicted molar refractivity (Wildman–Crippen MR) is 370 cm³/mol. The van der Waals surface area contributed by atoms with Crippen LogP contribution in [0.4, 0.5) is 0 Å². The number of carbonyl (C=O) groups excluding carboxylic acids is 3. The average Bonchev–Trinajstić information content (AvgIpc) is 0.762. The Morgan fingerprint density at radius 2 is 0.796 bits per heavy atom. The molecule has 2 aliphatic heterocycles. The highest BCUT2D eigenvalue weighted by atomic mass is 31.2. The molecule has 2 saturated heterocycles. The normalized spacial score (nSPS) is 27.8. The van der Waals surface area contributed by atoms with Gasteiger partial charge in [-0.05, 0) is 51.4 Å². The highest BCUT2D eigenvalue weighted by Gasteiger charge is 2.58. The van der Waals surface area contributed by atoms with Crippen molar-refractivity contribution in [1.29, 1.82) is 0 Å². The quantitative estimate of drug-likeness (QED) is 0.00513. The van der Waals surface area contributed by atoms with E-state index in [1.165, 1.54) is 128 Å². The summed E-state index contributed by atoms with van der Waals surface area (Å²) in [7, 11) is -5.71. The number of hydrogen-bond acceptors (Lipinski definition) is 23. The van der Waals surface area contributed by atoms with Crippen molar-refractivity contribution >= 4 is 25.7 Å². The molecular weight excluding hydrogens is 1290 g/mol. The topological polar surface area (TPSA) is 374 Å². The number of phosphoric acid groups is 1. The number of carbonyl (C=O) groups is 3. The van der Waals surface area contributed by atoms with E-state index in [1.54, 1.807) is 6.08 Å². The first-order chi connectivity index (χ1) is 47.3. The number of ether oxygens (including phenoxy) is 7. The second-order valence-corrected chi connectivity index (χ2v) is 28.5. The number of aliphatic hydroxyl groups excluding tert-OH is 10. The maximum Gasteiger partial charge on any atom is 0.472 e. The van der Waals surface area contributed by atoms with E-state index in [0.717, 1.165) is 115 Å². The van der Waals surface area contributed by atoms with Gasteiger partial charge in [-0.3, -0.25) is 18.6 Å². The monoisotopic (exact) mass is 1420 g/mol. The Kier molecular flexibility index (Phi) is 50.0. The lowest BCUT2D eigenvalue weighted by Gasteiger charge is -2.49. The number of rotatable bonds is 58. The van der Waals surface area contributed by atoms with Crippen LogP contribution in [0.3, 0.4) is 0 Å². The zero-order valence-electron chi connectivity index (χ0n) is 59.6. The molecule has 25 heteroatoms. The second kappa shape index (κ2) is 54.8. The molecule has 0 radical (unpaired) electrons. The Morgan fingerprint density at radius 3 is 1.24 bits per heavy atom. The molecule has 0 aromatic heterocycles. The van der Waals surface area contributed by atoms with E-state index in [4.69, 9.17) is 42.2 Å². The number of allylic oxidation sites excluding steroid dienone is 5. The molecule has 0 spiro atoms. The molecular formula is C73H131O24P. The van der Waals surface area contributed by atoms with Crippen molar-refractivity contribution in [1.82, 2.24) is 0 Å². The minimum atomic E-state index is -5.71. The van der Waals surface area contributed by atoms with Gasteiger partial charge in [0.2, 0.25) is 0 Å². The van der Waals surface area contributed by atoms with Gasteiger partial charge in [-0.2, -0.15) is 0 Å². The second-order valence-electron chi connectivity index (χ2n) is 27.1. The van der Waals surface area contributed by atoms with Gasteiger partial charge in [0, 0.05) is 18.9 Å². The lowest BCUT2D eigenvalue weighted by Crippen LogP contribution is -2.69. The lowest BCUT2D eigenvalue weighted by atomic mass is 9.84. The molecule has 572 valence electrons. The number of hydrogen-bond donors (Lipinski definition) is 11. The average molecular weight is 1420 g/mol. The largest absolute Gasteiger partial charge is 0.472 e. The van der Waals surface area contributed by atoms with Crippen LogP contribution < -0.4 is 0 Å². The van der Waals surface area contributed by atoms with E-state index in [2.05, 4.69) is 32.9 Å². The SMILES string of the molecule is CCCCCC/C=C\CCCCCCCCCC(=O)OC(COC(=O)CCCCCCCCCCCCCCC)COP(=O)(O)OC1C(OC2OC(CO)C(O)C(O)C2O)C(O)C(O)C(O)C1OC1OC(COC(=O)/C=C/C=C/CCCCCCCCCCCCC)C(O)C(O)C1O. The van der Waals surface area contributed by atoms with Crippen LogP contribution in [-0.2, 0) is 61.2 Å². The summed E-state index contributed by atoms with van der Waals surface area (Å²) in [5.74, 6) is -2.23. The van der Waals surface area contributed by atoms with Gasteiger partial charge < -0.3 is 89.1 Å². The number of unbranched alkanes of at least 4 members (excludes halogenated alkanes) is 34. The summed E-state index contributed by atoms with van der Waals surface area (Å²) in [6.07, 6.45) is 17.0. The van der Waals surface area contributed by atoms with Gasteiger partial charge in [-0.25, -0.2) is 9.36 Å². The first-order valence-corrected chi connectivity index (χ1v) is 39.3. The van der Waals surface area contributed by atoms with Crippen LogP contribution in [0.25, 0.3) is 0 Å². The Bertz CT molecular complexity index is 2170. The van der Waals surface area contributed by atoms with Crippen molar-refractivity contribution < 1.29 is 117 Å². The summed E-state index contributed by atoms with van der Waals surface area (Å²) in [5, 5.41) is 110. The van der Waals surface area contributed by atoms with Gasteiger partial charge in [0.1, 0.15) is 98.7 Å². The van der Waals surface area contributed by atoms with E-state index in [-0.39, 0.29) is 12.8 Å². The van der Waals surface area contributed by atoms with Gasteiger partial charge >= 0.3 is 25.7 Å². The minimum absolute atomic E-state index is 0.0438. The smallest absolute Gasteiger partial charge is 0.462 e. The lowest BCUT2D eigenvalue weighted by molar-refractivity contribution is -0.360. The molecule has 0 aromatic carbocycles. The molecule has 3 aliphatic rings. The summed E-state index contributed by atoms with van der Waals surface area (Å²) in [4.78, 5) is 50.9. The zero-order valence-corrected chi connectivity index (χ0v) is 60.5. The summed E-state index contributed by atoms with van der Waals surface area (Å²) < 4.78 is 64.8. The molecule has 0 amide bonds. The predicted octanol–water partition coefficient (Wildman–Crippen LogP) is 10.3. The highest BCUT2D eigenvalue weighted by molar-refractivity contribution is 7.47. The van der Waals surface area contributed by atoms with Crippen LogP contribution in [0.5, 0.6) is 0 Å². The maximum absolute atomic E-state index is 14.3. The Labute approximate surface area is 585 Å². The number of aliphatic hydroxyl groups is 10. The van der Waals surface area contributed by atoms with Crippen molar-refractivity contribution in [2.45, 2.75) is 382 Å². The van der Waals surface area contributed by atoms with Gasteiger partial charge in [-0.1, -0.05) is 244 Å². The zero-order chi connectivity index (χ0) is 71.8. The molecule has 0 aromatic rings. The molecule has 3 fully saturated rings. The third kappa shape index (κ3) is 37.6. The molecule has 1 aliphatic carbocycles. The van der Waals surface area contributed by atoms with Crippen LogP contribution in [0, 0.1) is 0 Å². The fourth-order valence-electron chi connectivity index (χ4n) is 12.3. The molecule has 0 bridgehead atoms. The fraction of sp³-hybridized carbons (Fsp3) is 0.877. The van der Waals surface area contributed by atoms with E-state index < -0.39 is 156 Å². The minimum Gasteiger partial charge on any atom is -0.462 e. The Balaban J connectivity index is 1.75. The van der Waals surface area contributed by atoms with Crippen molar-refractivity contribution in [3.63, 3.8) is 0 Å². The van der Waals surface area contributed by atoms with Crippen molar-refractivity contribution in [2.24, 2.45) is 0 Å². The van der Waals surface area contributed by atoms with Gasteiger partial charge in [-0.15, -0.1) is 0 Å². The Hall–Kier alpha value is -2.82. The van der Waals surface area contributed by atoms with E-state index in [1.807, 2.05) is 6.08 Å². The molecule has 98 heavy (non-hydrogen) atoms. The molecule has 24 nitrogen and oxygen atoms in total. The van der Waals surface area contributed by atoms with Crippen LogP contribution in [0.15, 0.2) is 36.5 Å². The summed E-state index contributed by atoms with van der Waals surface area (Å²) in [6.45, 7) is 3.34. The van der Waals surface area contributed by atoms with E-state index in [0.29, 0.717) is 12.8 Å². The van der Waals surface area contributed by atoms with E-state index in [9.17, 15) is 74.9 Å². The van der Waals surface area contributed by atoms with Gasteiger partial charge in [0.05, 0.1) is 13.2 Å². The van der Waals surface area contributed by atoms with Crippen LogP contribution in [-0.4, -0.2) is 204 Å². The maximum atomic E-state index is 14.3. The molecule has 2 heterocycles. The molecule has 18 atom stereocenters. The van der Waals surface area contributed by atoms with Crippen molar-refractivity contribution in [3.8, 4) is 0 Å². The third-order valence-corrected chi connectivity index (χ3v) is 19.5. The van der Waals surface area contributed by atoms with Crippen molar-refractivity contribution in [2.75, 3.05) is 26.4 Å². The summed E-state index contributed by atoms with van der Waals surface area (Å²) in [6, 6.07) is 0. The van der Waals surface area contributed by atoms with Crippen LogP contribution in [0.1, 0.15) is 278 Å². The molecule has 1 saturated carbocycles. The summed E-state index contributed by atoms with van der Waals surface area (Å²) >= 11 is 0. The summed E-state index contributed by atoms with van der Waals surface area (Å²) in [5.41, 5.74) is 0. The fourth-order valence-corrected chi connectivity index (χ4v) is 13.3. The van der Waals surface area contributed by atoms with Gasteiger partial charge in [0.25, 0.3) is 0 Å². The molecule has 18 unspecified atom stereocenters. The Morgan fingerprint density at radius 1 is 0.418 bits per heavy atom. The third-order valence-electron chi connectivity index (χ3n) is 18.5. The first-order valence-electron chi connectivity index (χ1n) is 37.8. The first kappa shape index (κ1) is 89.4. The van der Waals surface area contributed by atoms with Crippen LogP contribution in [0.2, 0.25) is 0 Å². The number of phosphoric ester groups is 1. The standard InChI is InChI=1S/C73H131O24P/c1-4-7-10-13-16-19-22-25-27-30-33-36-39-42-45-48-58(76)90-53-56-61(79)63(81)68(86)73(94-56)96-70-66(84)64(82)65(83)69(95-72-67(85)62(80)60(78)55(50-74)93-72)71(70)97-98(87,88)91-52-54(51-89-57(75)47-44-41-38-35-32-29-24-21-18-15-12-9-6-3)92-59(77)49-46-43-40-37-34-31-28-26-23-20-17-14-11-8-5-2/h20,23,39,42,45,48,54-56,60-74,78-86H,4-19,21-22,24-38,40-41,43-44,46-47,49-53H2,1-3H3,(H,87,88)/b23-20-,42-39+,48-45+. The molecule has 11 N–H and O–H groups in total. The van der Waals surface area contributed by atoms with E-state index >= 15 is 0 Å². The molecule has 3 rings (SSSR count). The number of esters is 3. The highest BCUT2D eigenvalue weighted by Crippen LogP contribution is 2.49. The van der Waals surface area contributed by atoms with Crippen LogP contribution >= 0.6 is 7.82 Å². The van der Waals surface area contributed by atoms with Gasteiger partial charge in [0.15, 0.2) is 18.7 Å².